The average molecular weight is 353 g/mol. The molecule has 1 saturated heterocycles. The molecule has 0 aromatic rings. The molecular formula is C19H36N4O2. The second-order valence-electron chi connectivity index (χ2n) is 7.42. The summed E-state index contributed by atoms with van der Waals surface area (Å²) in [5.41, 5.74) is 0.382. The standard InChI is InChI=1S/C19H36N4O2/c1-4-21-18(22-15-19(8-9-19)10-13-25-5-2)23-11-6-16(7-12-23)14-17(24)20-3/h16H,4-15H2,1-3H3,(H,20,24)(H,21,22). The molecule has 0 spiro atoms. The minimum Gasteiger partial charge on any atom is -0.382 e. The van der Waals surface area contributed by atoms with Crippen molar-refractivity contribution < 1.29 is 9.53 Å². The monoisotopic (exact) mass is 352 g/mol. The number of nitrogens with one attached hydrogen (secondary N) is 2. The molecule has 1 aliphatic heterocycles. The van der Waals surface area contributed by atoms with Gasteiger partial charge in [0.1, 0.15) is 0 Å². The molecule has 1 heterocycles. The SMILES string of the molecule is CCNC(=NCC1(CCOCC)CC1)N1CCC(CC(=O)NC)CC1. The normalized spacial score (nSPS) is 20.4. The fraction of sp³-hybridized carbons (Fsp3) is 0.895. The van der Waals surface area contributed by atoms with Crippen LogP contribution in [0.2, 0.25) is 0 Å². The highest BCUT2D eigenvalue weighted by Gasteiger charge is 2.42. The van der Waals surface area contributed by atoms with Gasteiger partial charge in [0.05, 0.1) is 0 Å². The first-order valence-corrected chi connectivity index (χ1v) is 9.94. The molecule has 6 nitrogen and oxygen atoms in total. The third kappa shape index (κ3) is 6.49. The quantitative estimate of drug-likeness (QED) is 0.378. The number of amides is 1. The Bertz CT molecular complexity index is 441. The Kier molecular flexibility index (Phi) is 8.00. The van der Waals surface area contributed by atoms with Gasteiger partial charge >= 0.3 is 0 Å². The van der Waals surface area contributed by atoms with Crippen molar-refractivity contribution in [3.05, 3.63) is 0 Å². The fourth-order valence-electron chi connectivity index (χ4n) is 3.48. The van der Waals surface area contributed by atoms with Crippen LogP contribution in [0.5, 0.6) is 0 Å². The Morgan fingerprint density at radius 3 is 2.56 bits per heavy atom. The van der Waals surface area contributed by atoms with E-state index in [0.29, 0.717) is 17.8 Å². The van der Waals surface area contributed by atoms with Crippen molar-refractivity contribution >= 4 is 11.9 Å². The van der Waals surface area contributed by atoms with Crippen LogP contribution in [0, 0.1) is 11.3 Å². The summed E-state index contributed by atoms with van der Waals surface area (Å²) in [6.07, 6.45) is 6.45. The van der Waals surface area contributed by atoms with E-state index in [9.17, 15) is 4.79 Å². The molecule has 0 aromatic heterocycles. The van der Waals surface area contributed by atoms with Gasteiger partial charge in [0, 0.05) is 52.9 Å². The summed E-state index contributed by atoms with van der Waals surface area (Å²) in [6.45, 7) is 9.59. The first kappa shape index (κ1) is 20.0. The molecule has 2 aliphatic rings. The lowest BCUT2D eigenvalue weighted by molar-refractivity contribution is -0.121. The first-order valence-electron chi connectivity index (χ1n) is 9.94. The predicted octanol–water partition coefficient (Wildman–Crippen LogP) is 2.01. The number of carbonyl (C=O) groups is 1. The van der Waals surface area contributed by atoms with Crippen molar-refractivity contribution in [1.82, 2.24) is 15.5 Å². The molecule has 6 heteroatoms. The van der Waals surface area contributed by atoms with Gasteiger partial charge in [-0.25, -0.2) is 0 Å². The van der Waals surface area contributed by atoms with Gasteiger partial charge in [-0.2, -0.15) is 0 Å². The van der Waals surface area contributed by atoms with Crippen molar-refractivity contribution in [2.24, 2.45) is 16.3 Å². The van der Waals surface area contributed by atoms with Crippen molar-refractivity contribution in [2.45, 2.75) is 52.4 Å². The van der Waals surface area contributed by atoms with Gasteiger partial charge in [-0.1, -0.05) is 0 Å². The number of carbonyl (C=O) groups excluding carboxylic acids is 1. The van der Waals surface area contributed by atoms with E-state index >= 15 is 0 Å². The van der Waals surface area contributed by atoms with Gasteiger partial charge in [-0.3, -0.25) is 9.79 Å². The second-order valence-corrected chi connectivity index (χ2v) is 7.42. The van der Waals surface area contributed by atoms with Gasteiger partial charge in [-0.05, 0) is 57.3 Å². The van der Waals surface area contributed by atoms with Gasteiger partial charge in [0.2, 0.25) is 5.91 Å². The van der Waals surface area contributed by atoms with Gasteiger partial charge in [0.25, 0.3) is 0 Å². The highest BCUT2D eigenvalue weighted by molar-refractivity contribution is 5.80. The highest BCUT2D eigenvalue weighted by atomic mass is 16.5. The molecule has 1 amide bonds. The molecule has 1 aliphatic carbocycles. The van der Waals surface area contributed by atoms with Crippen molar-refractivity contribution in [2.75, 3.05) is 46.4 Å². The van der Waals surface area contributed by atoms with E-state index in [0.717, 1.165) is 64.6 Å². The Hall–Kier alpha value is -1.30. The maximum Gasteiger partial charge on any atom is 0.220 e. The van der Waals surface area contributed by atoms with Crippen LogP contribution in [0.3, 0.4) is 0 Å². The largest absolute Gasteiger partial charge is 0.382 e. The molecule has 0 aromatic carbocycles. The maximum absolute atomic E-state index is 11.6. The number of rotatable bonds is 9. The first-order chi connectivity index (χ1) is 12.1. The van der Waals surface area contributed by atoms with Crippen LogP contribution in [0.1, 0.15) is 52.4 Å². The molecule has 0 unspecified atom stereocenters. The maximum atomic E-state index is 11.6. The zero-order valence-corrected chi connectivity index (χ0v) is 16.3. The third-order valence-electron chi connectivity index (χ3n) is 5.50. The summed E-state index contributed by atoms with van der Waals surface area (Å²) in [7, 11) is 1.71. The fourth-order valence-corrected chi connectivity index (χ4v) is 3.48. The number of hydrogen-bond donors (Lipinski definition) is 2. The molecule has 144 valence electrons. The lowest BCUT2D eigenvalue weighted by Crippen LogP contribution is -2.46. The van der Waals surface area contributed by atoms with Crippen LogP contribution in [-0.4, -0.2) is 63.2 Å². The molecule has 2 N–H and O–H groups in total. The zero-order chi connectivity index (χ0) is 18.1. The number of ether oxygens (including phenoxy) is 1. The number of nitrogens with zero attached hydrogens (tertiary/aromatic N) is 2. The van der Waals surface area contributed by atoms with E-state index in [4.69, 9.17) is 9.73 Å². The minimum absolute atomic E-state index is 0.156. The van der Waals surface area contributed by atoms with Crippen molar-refractivity contribution in [1.29, 1.82) is 0 Å². The molecule has 2 rings (SSSR count). The lowest BCUT2D eigenvalue weighted by Gasteiger charge is -2.34. The van der Waals surface area contributed by atoms with E-state index < -0.39 is 0 Å². The Morgan fingerprint density at radius 1 is 1.28 bits per heavy atom. The Morgan fingerprint density at radius 2 is 2.00 bits per heavy atom. The summed E-state index contributed by atoms with van der Waals surface area (Å²) >= 11 is 0. The molecule has 25 heavy (non-hydrogen) atoms. The number of guanidine groups is 1. The van der Waals surface area contributed by atoms with Crippen LogP contribution >= 0.6 is 0 Å². The third-order valence-corrected chi connectivity index (χ3v) is 5.50. The molecule has 2 fully saturated rings. The van der Waals surface area contributed by atoms with Crippen LogP contribution in [0.4, 0.5) is 0 Å². The summed E-state index contributed by atoms with van der Waals surface area (Å²) in [4.78, 5) is 18.9. The van der Waals surface area contributed by atoms with E-state index in [1.807, 2.05) is 0 Å². The number of likely N-dealkylation sites (tertiary alicyclic amines) is 1. The van der Waals surface area contributed by atoms with Gasteiger partial charge in [0.15, 0.2) is 5.96 Å². The molecule has 1 saturated carbocycles. The van der Waals surface area contributed by atoms with E-state index in [2.05, 4.69) is 29.4 Å². The van der Waals surface area contributed by atoms with Crippen molar-refractivity contribution in [3.8, 4) is 0 Å². The smallest absolute Gasteiger partial charge is 0.220 e. The van der Waals surface area contributed by atoms with E-state index in [1.54, 1.807) is 7.05 Å². The lowest BCUT2D eigenvalue weighted by atomic mass is 9.93. The average Bonchev–Trinajstić information content (AvgIpc) is 3.40. The molecule has 0 radical (unpaired) electrons. The topological polar surface area (TPSA) is 66.0 Å². The Labute approximate surface area is 152 Å². The summed E-state index contributed by atoms with van der Waals surface area (Å²) in [5, 5.41) is 6.18. The summed E-state index contributed by atoms with van der Waals surface area (Å²) in [5.74, 6) is 1.70. The number of piperidine rings is 1. The van der Waals surface area contributed by atoms with E-state index in [-0.39, 0.29) is 5.91 Å². The zero-order valence-electron chi connectivity index (χ0n) is 16.3. The number of aliphatic imine (C=N–C) groups is 1. The minimum atomic E-state index is 0.156. The highest BCUT2D eigenvalue weighted by Crippen LogP contribution is 2.49. The van der Waals surface area contributed by atoms with Crippen LogP contribution < -0.4 is 10.6 Å². The summed E-state index contributed by atoms with van der Waals surface area (Å²) in [6, 6.07) is 0. The predicted molar refractivity (Wildman–Crippen MR) is 102 cm³/mol. The van der Waals surface area contributed by atoms with Gasteiger partial charge in [-0.15, -0.1) is 0 Å². The van der Waals surface area contributed by atoms with Crippen LogP contribution in [-0.2, 0) is 9.53 Å². The van der Waals surface area contributed by atoms with Gasteiger partial charge < -0.3 is 20.3 Å². The molecule has 0 bridgehead atoms. The Balaban J connectivity index is 1.83. The summed E-state index contributed by atoms with van der Waals surface area (Å²) < 4.78 is 5.53. The van der Waals surface area contributed by atoms with Crippen LogP contribution in [0.25, 0.3) is 0 Å². The van der Waals surface area contributed by atoms with Crippen molar-refractivity contribution in [3.63, 3.8) is 0 Å². The van der Waals surface area contributed by atoms with Crippen LogP contribution in [0.15, 0.2) is 4.99 Å². The molecular weight excluding hydrogens is 316 g/mol. The van der Waals surface area contributed by atoms with E-state index in [1.165, 1.54) is 12.8 Å². The molecule has 0 atom stereocenters. The number of hydrogen-bond acceptors (Lipinski definition) is 3. The second kappa shape index (κ2) is 10.00.